The number of methoxy groups -OCH3 is 1. The van der Waals surface area contributed by atoms with Crippen LogP contribution < -0.4 is 0 Å². The van der Waals surface area contributed by atoms with Gasteiger partial charge in [0.15, 0.2) is 0 Å². The summed E-state index contributed by atoms with van der Waals surface area (Å²) in [5.41, 5.74) is 0. The van der Waals surface area contributed by atoms with Crippen LogP contribution >= 0.6 is 0 Å². The van der Waals surface area contributed by atoms with Gasteiger partial charge in [0.25, 0.3) is 0 Å². The van der Waals surface area contributed by atoms with E-state index in [2.05, 4.69) is 4.90 Å². The maximum absolute atomic E-state index is 11.6. The summed E-state index contributed by atoms with van der Waals surface area (Å²) >= 11 is 0. The van der Waals surface area contributed by atoms with E-state index in [0.29, 0.717) is 24.2 Å². The van der Waals surface area contributed by atoms with Crippen LogP contribution in [0.1, 0.15) is 19.3 Å². The third-order valence-electron chi connectivity index (χ3n) is 3.18. The summed E-state index contributed by atoms with van der Waals surface area (Å²) in [5.74, 6) is 1.52. The second-order valence-corrected chi connectivity index (χ2v) is 4.59. The molecule has 1 aliphatic heterocycles. The van der Waals surface area contributed by atoms with Crippen molar-refractivity contribution >= 4 is 5.78 Å². The SMILES string of the molecule is COCC1CCN(CC(=O)C2CC2)C1. The maximum atomic E-state index is 11.6. The fourth-order valence-electron chi connectivity index (χ4n) is 2.18. The lowest BCUT2D eigenvalue weighted by molar-refractivity contribution is -0.121. The summed E-state index contributed by atoms with van der Waals surface area (Å²) in [4.78, 5) is 13.8. The van der Waals surface area contributed by atoms with Crippen molar-refractivity contribution < 1.29 is 9.53 Å². The van der Waals surface area contributed by atoms with Gasteiger partial charge >= 0.3 is 0 Å². The van der Waals surface area contributed by atoms with Gasteiger partial charge in [0.1, 0.15) is 5.78 Å². The summed E-state index contributed by atoms with van der Waals surface area (Å²) in [6, 6.07) is 0. The molecule has 2 rings (SSSR count). The molecule has 80 valence electrons. The van der Waals surface area contributed by atoms with Crippen molar-refractivity contribution in [3.05, 3.63) is 0 Å². The van der Waals surface area contributed by atoms with Crippen LogP contribution in [-0.4, -0.2) is 44.0 Å². The summed E-state index contributed by atoms with van der Waals surface area (Å²) in [5, 5.41) is 0. The van der Waals surface area contributed by atoms with Gasteiger partial charge in [0.05, 0.1) is 13.2 Å². The van der Waals surface area contributed by atoms with E-state index in [-0.39, 0.29) is 0 Å². The molecule has 1 heterocycles. The largest absolute Gasteiger partial charge is 0.384 e. The first kappa shape index (κ1) is 10.1. The molecule has 14 heavy (non-hydrogen) atoms. The van der Waals surface area contributed by atoms with E-state index in [9.17, 15) is 4.79 Å². The van der Waals surface area contributed by atoms with Gasteiger partial charge in [-0.25, -0.2) is 0 Å². The van der Waals surface area contributed by atoms with Gasteiger partial charge in [-0.1, -0.05) is 0 Å². The third-order valence-corrected chi connectivity index (χ3v) is 3.18. The van der Waals surface area contributed by atoms with Gasteiger partial charge in [-0.15, -0.1) is 0 Å². The van der Waals surface area contributed by atoms with Crippen LogP contribution in [0, 0.1) is 11.8 Å². The minimum absolute atomic E-state index is 0.413. The molecule has 0 spiro atoms. The van der Waals surface area contributed by atoms with Gasteiger partial charge < -0.3 is 4.74 Å². The highest BCUT2D eigenvalue weighted by molar-refractivity contribution is 5.85. The monoisotopic (exact) mass is 197 g/mol. The zero-order chi connectivity index (χ0) is 9.97. The quantitative estimate of drug-likeness (QED) is 0.657. The highest BCUT2D eigenvalue weighted by atomic mass is 16.5. The minimum Gasteiger partial charge on any atom is -0.384 e. The van der Waals surface area contributed by atoms with Crippen LogP contribution in [0.25, 0.3) is 0 Å². The van der Waals surface area contributed by atoms with Crippen molar-refractivity contribution in [2.75, 3.05) is 33.4 Å². The Morgan fingerprint density at radius 1 is 1.43 bits per heavy atom. The van der Waals surface area contributed by atoms with E-state index in [1.54, 1.807) is 7.11 Å². The molecule has 0 aromatic heterocycles. The summed E-state index contributed by atoms with van der Waals surface area (Å²) in [7, 11) is 1.75. The zero-order valence-corrected chi connectivity index (χ0v) is 8.87. The van der Waals surface area contributed by atoms with Crippen molar-refractivity contribution in [3.8, 4) is 0 Å². The molecule has 1 atom stereocenters. The topological polar surface area (TPSA) is 29.5 Å². The molecule has 0 aromatic carbocycles. The van der Waals surface area contributed by atoms with E-state index in [0.717, 1.165) is 32.5 Å². The molecule has 0 radical (unpaired) electrons. The minimum atomic E-state index is 0.413. The average Bonchev–Trinajstić information content (AvgIpc) is 2.92. The van der Waals surface area contributed by atoms with Crippen molar-refractivity contribution in [2.45, 2.75) is 19.3 Å². The molecule has 2 aliphatic rings. The fraction of sp³-hybridized carbons (Fsp3) is 0.909. The van der Waals surface area contributed by atoms with Crippen LogP contribution in [0.5, 0.6) is 0 Å². The number of nitrogens with zero attached hydrogens (tertiary/aromatic N) is 1. The van der Waals surface area contributed by atoms with Gasteiger partial charge in [-0.2, -0.15) is 0 Å². The Morgan fingerprint density at radius 3 is 2.86 bits per heavy atom. The Bertz CT molecular complexity index is 213. The molecule has 1 aliphatic carbocycles. The van der Waals surface area contributed by atoms with E-state index in [1.807, 2.05) is 0 Å². The lowest BCUT2D eigenvalue weighted by Gasteiger charge is -2.14. The van der Waals surface area contributed by atoms with Crippen molar-refractivity contribution in [1.29, 1.82) is 0 Å². The molecular formula is C11H19NO2. The fourth-order valence-corrected chi connectivity index (χ4v) is 2.18. The van der Waals surface area contributed by atoms with Gasteiger partial charge in [0, 0.05) is 19.6 Å². The van der Waals surface area contributed by atoms with E-state index in [4.69, 9.17) is 4.74 Å². The first-order valence-corrected chi connectivity index (χ1v) is 5.53. The molecule has 1 saturated carbocycles. The lowest BCUT2D eigenvalue weighted by atomic mass is 10.1. The number of hydrogen-bond donors (Lipinski definition) is 0. The summed E-state index contributed by atoms with van der Waals surface area (Å²) in [6.07, 6.45) is 3.45. The summed E-state index contributed by atoms with van der Waals surface area (Å²) < 4.78 is 5.13. The summed E-state index contributed by atoms with van der Waals surface area (Å²) in [6.45, 7) is 3.65. The van der Waals surface area contributed by atoms with Crippen LogP contribution in [0.4, 0.5) is 0 Å². The van der Waals surface area contributed by atoms with Gasteiger partial charge in [-0.3, -0.25) is 9.69 Å². The maximum Gasteiger partial charge on any atom is 0.149 e. The average molecular weight is 197 g/mol. The molecule has 2 fully saturated rings. The van der Waals surface area contributed by atoms with Crippen LogP contribution in [0.2, 0.25) is 0 Å². The molecule has 0 bridgehead atoms. The number of ether oxygens (including phenoxy) is 1. The molecule has 0 aromatic rings. The first-order valence-electron chi connectivity index (χ1n) is 5.53. The normalized spacial score (nSPS) is 28.2. The number of Topliss-reactive ketones (excluding diaryl/α,β-unsaturated/α-hetero) is 1. The number of likely N-dealkylation sites (tertiary alicyclic amines) is 1. The number of carbonyl (C=O) groups is 1. The van der Waals surface area contributed by atoms with Crippen LogP contribution in [0.15, 0.2) is 0 Å². The third kappa shape index (κ3) is 2.55. The first-order chi connectivity index (χ1) is 6.79. The molecular weight excluding hydrogens is 178 g/mol. The second-order valence-electron chi connectivity index (χ2n) is 4.59. The van der Waals surface area contributed by atoms with E-state index in [1.165, 1.54) is 6.42 Å². The number of rotatable bonds is 5. The molecule has 3 heteroatoms. The number of ketones is 1. The predicted octanol–water partition coefficient (Wildman–Crippen LogP) is 0.934. The second kappa shape index (κ2) is 4.41. The number of hydrogen-bond acceptors (Lipinski definition) is 3. The predicted molar refractivity (Wildman–Crippen MR) is 54.2 cm³/mol. The lowest BCUT2D eigenvalue weighted by Crippen LogP contribution is -2.29. The smallest absolute Gasteiger partial charge is 0.149 e. The highest BCUT2D eigenvalue weighted by Gasteiger charge is 2.32. The zero-order valence-electron chi connectivity index (χ0n) is 8.87. The van der Waals surface area contributed by atoms with E-state index >= 15 is 0 Å². The van der Waals surface area contributed by atoms with Crippen molar-refractivity contribution in [1.82, 2.24) is 4.90 Å². The molecule has 0 amide bonds. The van der Waals surface area contributed by atoms with Gasteiger partial charge in [-0.05, 0) is 31.7 Å². The molecule has 1 saturated heterocycles. The standard InChI is InChI=1S/C11H19NO2/c1-14-8-9-4-5-12(6-9)7-11(13)10-2-3-10/h9-10H,2-8H2,1H3. The Balaban J connectivity index is 1.69. The molecule has 3 nitrogen and oxygen atoms in total. The van der Waals surface area contributed by atoms with Gasteiger partial charge in [0.2, 0.25) is 0 Å². The Kier molecular flexibility index (Phi) is 3.19. The molecule has 0 N–H and O–H groups in total. The Hall–Kier alpha value is -0.410. The van der Waals surface area contributed by atoms with E-state index < -0.39 is 0 Å². The molecule has 1 unspecified atom stereocenters. The highest BCUT2D eigenvalue weighted by Crippen LogP contribution is 2.30. The number of carbonyl (C=O) groups excluding carboxylic acids is 1. The Morgan fingerprint density at radius 2 is 2.21 bits per heavy atom. The van der Waals surface area contributed by atoms with Crippen LogP contribution in [-0.2, 0) is 9.53 Å². The van der Waals surface area contributed by atoms with Crippen molar-refractivity contribution in [3.63, 3.8) is 0 Å². The Labute approximate surface area is 85.4 Å². The van der Waals surface area contributed by atoms with Crippen LogP contribution in [0.3, 0.4) is 0 Å². The van der Waals surface area contributed by atoms with Crippen molar-refractivity contribution in [2.24, 2.45) is 11.8 Å².